The molecule has 21 heavy (non-hydrogen) atoms. The third-order valence-electron chi connectivity index (χ3n) is 4.31. The summed E-state index contributed by atoms with van der Waals surface area (Å²) in [5, 5.41) is 9.44. The number of rotatable bonds is 4. The van der Waals surface area contributed by atoms with Gasteiger partial charge in [-0.2, -0.15) is 0 Å². The molecule has 2 rings (SSSR count). The predicted octanol–water partition coefficient (Wildman–Crippen LogP) is 4.45. The smallest absolute Gasteiger partial charge is 0.328 e. The van der Waals surface area contributed by atoms with Gasteiger partial charge in [-0.15, -0.1) is 0 Å². The number of hydrogen-bond donors (Lipinski definition) is 1. The van der Waals surface area contributed by atoms with E-state index in [9.17, 15) is 4.79 Å². The standard InChI is InChI=1S/C17H22ClNO2/c1-12-3-7-15(8-4-12)19(2)16-9-6-14(18)11-13(16)5-10-17(20)21/h5-6,9-12,15H,3-4,7-8H2,1-2H3,(H,20,21)/b10-5+. The minimum atomic E-state index is -0.949. The molecule has 3 nitrogen and oxygen atoms in total. The van der Waals surface area contributed by atoms with E-state index < -0.39 is 5.97 Å². The predicted molar refractivity (Wildman–Crippen MR) is 87.9 cm³/mol. The highest BCUT2D eigenvalue weighted by Crippen LogP contribution is 2.32. The second kappa shape index (κ2) is 6.99. The van der Waals surface area contributed by atoms with Crippen molar-refractivity contribution in [3.63, 3.8) is 0 Å². The van der Waals surface area contributed by atoms with E-state index in [1.165, 1.54) is 25.7 Å². The fourth-order valence-electron chi connectivity index (χ4n) is 2.97. The lowest BCUT2D eigenvalue weighted by atomic mass is 9.86. The number of halogens is 1. The Labute approximate surface area is 131 Å². The Morgan fingerprint density at radius 1 is 1.33 bits per heavy atom. The maximum absolute atomic E-state index is 10.7. The highest BCUT2D eigenvalue weighted by atomic mass is 35.5. The van der Waals surface area contributed by atoms with E-state index in [2.05, 4.69) is 18.9 Å². The van der Waals surface area contributed by atoms with Gasteiger partial charge in [0, 0.05) is 29.9 Å². The largest absolute Gasteiger partial charge is 0.478 e. The molecule has 0 aliphatic heterocycles. The van der Waals surface area contributed by atoms with Gasteiger partial charge in [0.1, 0.15) is 0 Å². The molecular weight excluding hydrogens is 286 g/mol. The average molecular weight is 308 g/mol. The van der Waals surface area contributed by atoms with Crippen molar-refractivity contribution in [2.75, 3.05) is 11.9 Å². The van der Waals surface area contributed by atoms with Gasteiger partial charge in [-0.3, -0.25) is 0 Å². The van der Waals surface area contributed by atoms with E-state index in [1.807, 2.05) is 18.2 Å². The first-order chi connectivity index (χ1) is 9.97. The van der Waals surface area contributed by atoms with E-state index in [-0.39, 0.29) is 0 Å². The first-order valence-corrected chi connectivity index (χ1v) is 7.78. The van der Waals surface area contributed by atoms with Crippen LogP contribution in [0.5, 0.6) is 0 Å². The van der Waals surface area contributed by atoms with Crippen molar-refractivity contribution in [3.05, 3.63) is 34.9 Å². The highest BCUT2D eigenvalue weighted by Gasteiger charge is 2.22. The Hall–Kier alpha value is -1.48. The number of carboxylic acids is 1. The molecule has 0 bridgehead atoms. The lowest BCUT2D eigenvalue weighted by Crippen LogP contribution is -2.35. The lowest BCUT2D eigenvalue weighted by Gasteiger charge is -2.36. The SMILES string of the molecule is CC1CCC(N(C)c2ccc(Cl)cc2/C=C/C(=O)O)CC1. The molecular formula is C17H22ClNO2. The Morgan fingerprint density at radius 2 is 2.00 bits per heavy atom. The van der Waals surface area contributed by atoms with Gasteiger partial charge in [-0.05, 0) is 61.4 Å². The van der Waals surface area contributed by atoms with Gasteiger partial charge >= 0.3 is 5.97 Å². The van der Waals surface area contributed by atoms with E-state index >= 15 is 0 Å². The van der Waals surface area contributed by atoms with Crippen LogP contribution in [0.1, 0.15) is 38.2 Å². The fourth-order valence-corrected chi connectivity index (χ4v) is 3.15. The minimum absolute atomic E-state index is 0.513. The van der Waals surface area contributed by atoms with Crippen molar-refractivity contribution in [1.82, 2.24) is 0 Å². The molecule has 0 unspecified atom stereocenters. The Balaban J connectivity index is 2.23. The molecule has 1 aliphatic carbocycles. The number of benzene rings is 1. The molecule has 1 saturated carbocycles. The van der Waals surface area contributed by atoms with E-state index in [0.29, 0.717) is 11.1 Å². The van der Waals surface area contributed by atoms with Crippen LogP contribution in [-0.2, 0) is 4.79 Å². The van der Waals surface area contributed by atoms with Gasteiger partial charge in [-0.25, -0.2) is 4.79 Å². The number of nitrogens with zero attached hydrogens (tertiary/aromatic N) is 1. The van der Waals surface area contributed by atoms with Gasteiger partial charge in [-0.1, -0.05) is 18.5 Å². The summed E-state index contributed by atoms with van der Waals surface area (Å²) >= 11 is 6.04. The molecule has 114 valence electrons. The van der Waals surface area contributed by atoms with Crippen molar-refractivity contribution in [2.45, 2.75) is 38.6 Å². The summed E-state index contributed by atoms with van der Waals surface area (Å²) in [6.45, 7) is 2.31. The van der Waals surface area contributed by atoms with Crippen LogP contribution in [0.2, 0.25) is 5.02 Å². The molecule has 4 heteroatoms. The molecule has 0 atom stereocenters. The molecule has 0 radical (unpaired) electrons. The zero-order chi connectivity index (χ0) is 15.4. The van der Waals surface area contributed by atoms with Gasteiger partial charge in [0.05, 0.1) is 0 Å². The van der Waals surface area contributed by atoms with Crippen LogP contribution in [0.25, 0.3) is 6.08 Å². The van der Waals surface area contributed by atoms with E-state index in [4.69, 9.17) is 16.7 Å². The van der Waals surface area contributed by atoms with Crippen molar-refractivity contribution >= 4 is 29.3 Å². The van der Waals surface area contributed by atoms with Crippen LogP contribution in [0, 0.1) is 5.92 Å². The van der Waals surface area contributed by atoms with E-state index in [1.54, 1.807) is 6.08 Å². The third kappa shape index (κ3) is 4.24. The summed E-state index contributed by atoms with van der Waals surface area (Å²) in [4.78, 5) is 13.0. The summed E-state index contributed by atoms with van der Waals surface area (Å²) in [5.41, 5.74) is 1.89. The number of aliphatic carboxylic acids is 1. The van der Waals surface area contributed by atoms with Crippen LogP contribution in [-0.4, -0.2) is 24.2 Å². The first kappa shape index (κ1) is 15.9. The van der Waals surface area contributed by atoms with E-state index in [0.717, 1.165) is 23.2 Å². The highest BCUT2D eigenvalue weighted by molar-refractivity contribution is 6.30. The number of carbonyl (C=O) groups is 1. The number of anilines is 1. The quantitative estimate of drug-likeness (QED) is 0.835. The Kier molecular flexibility index (Phi) is 5.29. The molecule has 1 N–H and O–H groups in total. The zero-order valence-electron chi connectivity index (χ0n) is 12.6. The maximum Gasteiger partial charge on any atom is 0.328 e. The second-order valence-corrected chi connectivity index (χ2v) is 6.34. The van der Waals surface area contributed by atoms with Crippen molar-refractivity contribution in [1.29, 1.82) is 0 Å². The monoisotopic (exact) mass is 307 g/mol. The molecule has 1 aromatic rings. The molecule has 0 amide bonds. The summed E-state index contributed by atoms with van der Waals surface area (Å²) in [6, 6.07) is 6.16. The molecule has 0 spiro atoms. The topological polar surface area (TPSA) is 40.5 Å². The molecule has 1 aromatic carbocycles. The number of hydrogen-bond acceptors (Lipinski definition) is 2. The first-order valence-electron chi connectivity index (χ1n) is 7.40. The van der Waals surface area contributed by atoms with Crippen molar-refractivity contribution < 1.29 is 9.90 Å². The van der Waals surface area contributed by atoms with Crippen LogP contribution < -0.4 is 4.90 Å². The summed E-state index contributed by atoms with van der Waals surface area (Å²) < 4.78 is 0. The van der Waals surface area contributed by atoms with Gasteiger partial charge in [0.25, 0.3) is 0 Å². The molecule has 1 aliphatic rings. The maximum atomic E-state index is 10.7. The fraction of sp³-hybridized carbons (Fsp3) is 0.471. The minimum Gasteiger partial charge on any atom is -0.478 e. The molecule has 0 aromatic heterocycles. The third-order valence-corrected chi connectivity index (χ3v) is 4.54. The average Bonchev–Trinajstić information content (AvgIpc) is 2.45. The van der Waals surface area contributed by atoms with Gasteiger partial charge in [0.15, 0.2) is 0 Å². The van der Waals surface area contributed by atoms with Crippen molar-refractivity contribution in [2.24, 2.45) is 5.92 Å². The molecule has 0 heterocycles. The zero-order valence-corrected chi connectivity index (χ0v) is 13.3. The second-order valence-electron chi connectivity index (χ2n) is 5.90. The van der Waals surface area contributed by atoms with Gasteiger partial charge in [0.2, 0.25) is 0 Å². The Morgan fingerprint density at radius 3 is 2.62 bits per heavy atom. The lowest BCUT2D eigenvalue weighted by molar-refractivity contribution is -0.131. The molecule has 0 saturated heterocycles. The van der Waals surface area contributed by atoms with Crippen molar-refractivity contribution in [3.8, 4) is 0 Å². The normalized spacial score (nSPS) is 22.4. The van der Waals surface area contributed by atoms with Crippen LogP contribution in [0.15, 0.2) is 24.3 Å². The number of carboxylic acid groups (broad SMARTS) is 1. The summed E-state index contributed by atoms with van der Waals surface area (Å²) in [5.74, 6) is -0.138. The Bertz CT molecular complexity index is 534. The van der Waals surface area contributed by atoms with Gasteiger partial charge < -0.3 is 10.0 Å². The summed E-state index contributed by atoms with van der Waals surface area (Å²) in [6.07, 6.45) is 7.65. The van der Waals surface area contributed by atoms with Crippen LogP contribution in [0.4, 0.5) is 5.69 Å². The molecule has 1 fully saturated rings. The summed E-state index contributed by atoms with van der Waals surface area (Å²) in [7, 11) is 2.09. The van der Waals surface area contributed by atoms with Crippen LogP contribution >= 0.6 is 11.6 Å². The van der Waals surface area contributed by atoms with Crippen LogP contribution in [0.3, 0.4) is 0 Å².